The number of hydrogen-bond donors (Lipinski definition) is 2. The number of hydrogen-bond acceptors (Lipinski definition) is 4. The molecule has 126 valence electrons. The first kappa shape index (κ1) is 17.6. The second-order valence-corrected chi connectivity index (χ2v) is 5.27. The normalized spacial score (nSPS) is 10.4. The van der Waals surface area contributed by atoms with Gasteiger partial charge in [-0.15, -0.1) is 0 Å². The van der Waals surface area contributed by atoms with Gasteiger partial charge in [0.25, 0.3) is 5.91 Å². The summed E-state index contributed by atoms with van der Waals surface area (Å²) in [6.07, 6.45) is 0. The molecule has 2 N–H and O–H groups in total. The largest absolute Gasteiger partial charge is 0.478 e. The van der Waals surface area contributed by atoms with E-state index < -0.39 is 5.97 Å². The van der Waals surface area contributed by atoms with Crippen LogP contribution in [0.4, 0.5) is 0 Å². The van der Waals surface area contributed by atoms with Gasteiger partial charge in [-0.05, 0) is 37.1 Å². The summed E-state index contributed by atoms with van der Waals surface area (Å²) >= 11 is 0. The highest BCUT2D eigenvalue weighted by Gasteiger charge is 2.12. The molecule has 0 radical (unpaired) electrons. The van der Waals surface area contributed by atoms with E-state index in [4.69, 9.17) is 9.84 Å². The van der Waals surface area contributed by atoms with E-state index in [9.17, 15) is 9.59 Å². The number of benzene rings is 1. The van der Waals surface area contributed by atoms with Crippen molar-refractivity contribution in [3.8, 4) is 0 Å². The predicted octanol–water partition coefficient (Wildman–Crippen LogP) is 2.55. The number of pyridine rings is 1. The Bertz CT molecular complexity index is 726. The number of carbonyl (C=O) groups excluding carboxylic acids is 1. The zero-order chi connectivity index (χ0) is 17.5. The van der Waals surface area contributed by atoms with Crippen molar-refractivity contribution in [2.75, 3.05) is 6.61 Å². The monoisotopic (exact) mass is 328 g/mol. The van der Waals surface area contributed by atoms with Gasteiger partial charge in [-0.1, -0.05) is 24.3 Å². The number of carbonyl (C=O) groups is 2. The summed E-state index contributed by atoms with van der Waals surface area (Å²) < 4.78 is 5.33. The van der Waals surface area contributed by atoms with Crippen LogP contribution >= 0.6 is 0 Å². The molecule has 0 bridgehead atoms. The van der Waals surface area contributed by atoms with Crippen LogP contribution in [0.25, 0.3) is 0 Å². The highest BCUT2D eigenvalue weighted by Crippen LogP contribution is 2.08. The Morgan fingerprint density at radius 3 is 2.38 bits per heavy atom. The standard InChI is InChI=1S/C18H20N2O4/c1-3-24-11-14-6-4-13(5-7-14)10-19-17(21)16-9-8-15(18(22)23)12(2)20-16/h4-9H,3,10-11H2,1-2H3,(H,19,21)(H,22,23). The maximum absolute atomic E-state index is 12.1. The minimum atomic E-state index is -1.06. The molecular formula is C18H20N2O4. The quantitative estimate of drug-likeness (QED) is 0.815. The number of aromatic carboxylic acids is 1. The van der Waals surface area contributed by atoms with Crippen LogP contribution in [0.2, 0.25) is 0 Å². The molecule has 1 aromatic heterocycles. The molecule has 0 aliphatic rings. The summed E-state index contributed by atoms with van der Waals surface area (Å²) in [5.74, 6) is -1.40. The average Bonchev–Trinajstić information content (AvgIpc) is 2.58. The van der Waals surface area contributed by atoms with E-state index in [2.05, 4.69) is 10.3 Å². The second kappa shape index (κ2) is 8.21. The van der Waals surface area contributed by atoms with Crippen LogP contribution in [0.5, 0.6) is 0 Å². The molecule has 0 atom stereocenters. The van der Waals surface area contributed by atoms with E-state index in [1.165, 1.54) is 12.1 Å². The van der Waals surface area contributed by atoms with E-state index in [0.717, 1.165) is 11.1 Å². The lowest BCUT2D eigenvalue weighted by Crippen LogP contribution is -2.24. The molecular weight excluding hydrogens is 308 g/mol. The molecule has 24 heavy (non-hydrogen) atoms. The van der Waals surface area contributed by atoms with Gasteiger partial charge in [0.2, 0.25) is 0 Å². The molecule has 0 fully saturated rings. The zero-order valence-corrected chi connectivity index (χ0v) is 13.7. The van der Waals surface area contributed by atoms with Crippen LogP contribution in [-0.2, 0) is 17.9 Å². The number of nitrogens with one attached hydrogen (secondary N) is 1. The SMILES string of the molecule is CCOCc1ccc(CNC(=O)c2ccc(C(=O)O)c(C)n2)cc1. The minimum absolute atomic E-state index is 0.0939. The van der Waals surface area contributed by atoms with Crippen molar-refractivity contribution in [3.63, 3.8) is 0 Å². The Hall–Kier alpha value is -2.73. The van der Waals surface area contributed by atoms with Gasteiger partial charge in [-0.2, -0.15) is 0 Å². The van der Waals surface area contributed by atoms with Crippen LogP contribution in [0.3, 0.4) is 0 Å². The molecule has 0 spiro atoms. The van der Waals surface area contributed by atoms with Crippen LogP contribution in [0, 0.1) is 6.92 Å². The Morgan fingerprint density at radius 2 is 1.79 bits per heavy atom. The molecule has 6 heteroatoms. The van der Waals surface area contributed by atoms with Gasteiger partial charge in [0.1, 0.15) is 5.69 Å². The fraction of sp³-hybridized carbons (Fsp3) is 0.278. The second-order valence-electron chi connectivity index (χ2n) is 5.27. The van der Waals surface area contributed by atoms with E-state index in [-0.39, 0.29) is 17.2 Å². The van der Waals surface area contributed by atoms with E-state index >= 15 is 0 Å². The van der Waals surface area contributed by atoms with Gasteiger partial charge in [0, 0.05) is 13.2 Å². The lowest BCUT2D eigenvalue weighted by molar-refractivity contribution is 0.0694. The molecule has 2 aromatic rings. The van der Waals surface area contributed by atoms with Crippen LogP contribution in [0.1, 0.15) is 44.6 Å². The number of ether oxygens (including phenoxy) is 1. The third-order valence-corrected chi connectivity index (χ3v) is 3.50. The lowest BCUT2D eigenvalue weighted by atomic mass is 10.1. The maximum Gasteiger partial charge on any atom is 0.337 e. The van der Waals surface area contributed by atoms with Crippen molar-refractivity contribution in [2.45, 2.75) is 27.0 Å². The summed E-state index contributed by atoms with van der Waals surface area (Å²) in [4.78, 5) is 27.1. The molecule has 0 saturated carbocycles. The summed E-state index contributed by atoms with van der Waals surface area (Å²) in [6, 6.07) is 10.6. The number of aromatic nitrogens is 1. The Morgan fingerprint density at radius 1 is 1.12 bits per heavy atom. The average molecular weight is 328 g/mol. The van der Waals surface area contributed by atoms with Crippen molar-refractivity contribution in [1.29, 1.82) is 0 Å². The predicted molar refractivity (Wildman–Crippen MR) is 88.9 cm³/mol. The molecule has 2 rings (SSSR count). The van der Waals surface area contributed by atoms with Gasteiger partial charge in [-0.25, -0.2) is 9.78 Å². The third kappa shape index (κ3) is 4.63. The molecule has 1 amide bonds. The van der Waals surface area contributed by atoms with Gasteiger partial charge in [0.15, 0.2) is 0 Å². The van der Waals surface area contributed by atoms with Gasteiger partial charge in [-0.3, -0.25) is 4.79 Å². The number of nitrogens with zero attached hydrogens (tertiary/aromatic N) is 1. The fourth-order valence-corrected chi connectivity index (χ4v) is 2.16. The van der Waals surface area contributed by atoms with Crippen molar-refractivity contribution in [2.24, 2.45) is 0 Å². The molecule has 1 heterocycles. The first-order valence-corrected chi connectivity index (χ1v) is 7.66. The van der Waals surface area contributed by atoms with Crippen molar-refractivity contribution >= 4 is 11.9 Å². The van der Waals surface area contributed by atoms with Crippen LogP contribution < -0.4 is 5.32 Å². The van der Waals surface area contributed by atoms with Gasteiger partial charge in [0.05, 0.1) is 17.9 Å². The number of aryl methyl sites for hydroxylation is 1. The highest BCUT2D eigenvalue weighted by molar-refractivity contribution is 5.94. The lowest BCUT2D eigenvalue weighted by Gasteiger charge is -2.08. The fourth-order valence-electron chi connectivity index (χ4n) is 2.16. The molecule has 0 saturated heterocycles. The Labute approximate surface area is 140 Å². The molecule has 1 aromatic carbocycles. The summed E-state index contributed by atoms with van der Waals surface area (Å²) in [7, 11) is 0. The Kier molecular flexibility index (Phi) is 6.03. The summed E-state index contributed by atoms with van der Waals surface area (Å²) in [5, 5.41) is 11.7. The van der Waals surface area contributed by atoms with E-state index in [1.807, 2.05) is 31.2 Å². The molecule has 6 nitrogen and oxygen atoms in total. The zero-order valence-electron chi connectivity index (χ0n) is 13.7. The molecule has 0 unspecified atom stereocenters. The maximum atomic E-state index is 12.1. The van der Waals surface area contributed by atoms with Crippen LogP contribution in [0.15, 0.2) is 36.4 Å². The minimum Gasteiger partial charge on any atom is -0.478 e. The molecule has 0 aliphatic carbocycles. The van der Waals surface area contributed by atoms with Gasteiger partial charge < -0.3 is 15.2 Å². The first-order chi connectivity index (χ1) is 11.5. The van der Waals surface area contributed by atoms with E-state index in [0.29, 0.717) is 25.5 Å². The smallest absolute Gasteiger partial charge is 0.337 e. The topological polar surface area (TPSA) is 88.5 Å². The van der Waals surface area contributed by atoms with E-state index in [1.54, 1.807) is 6.92 Å². The molecule has 0 aliphatic heterocycles. The first-order valence-electron chi connectivity index (χ1n) is 7.66. The Balaban J connectivity index is 1.95. The van der Waals surface area contributed by atoms with Crippen molar-refractivity contribution in [1.82, 2.24) is 10.3 Å². The highest BCUT2D eigenvalue weighted by atomic mass is 16.5. The number of carboxylic acid groups (broad SMARTS) is 1. The number of rotatable bonds is 7. The van der Waals surface area contributed by atoms with Gasteiger partial charge >= 0.3 is 5.97 Å². The van der Waals surface area contributed by atoms with Crippen molar-refractivity contribution < 1.29 is 19.4 Å². The summed E-state index contributed by atoms with van der Waals surface area (Å²) in [5.41, 5.74) is 2.65. The van der Waals surface area contributed by atoms with Crippen molar-refractivity contribution in [3.05, 3.63) is 64.5 Å². The van der Waals surface area contributed by atoms with Crippen LogP contribution in [-0.4, -0.2) is 28.6 Å². The number of amides is 1. The third-order valence-electron chi connectivity index (χ3n) is 3.50. The number of carboxylic acids is 1. The summed E-state index contributed by atoms with van der Waals surface area (Å²) in [6.45, 7) is 5.13.